The largest absolute Gasteiger partial charge is 0.0984 e. The second kappa shape index (κ2) is 4.80. The molecule has 0 fully saturated rings. The number of rotatable bonds is 4. The van der Waals surface area contributed by atoms with Gasteiger partial charge in [0, 0.05) is 0 Å². The van der Waals surface area contributed by atoms with E-state index >= 15 is 0 Å². The van der Waals surface area contributed by atoms with Crippen LogP contribution >= 0.6 is 0 Å². The van der Waals surface area contributed by atoms with Gasteiger partial charge < -0.3 is 0 Å². The fourth-order valence-electron chi connectivity index (χ4n) is 1.50. The van der Waals surface area contributed by atoms with Crippen molar-refractivity contribution in [3.8, 4) is 0 Å². The van der Waals surface area contributed by atoms with Gasteiger partial charge >= 0.3 is 0 Å². The highest BCUT2D eigenvalue weighted by Crippen LogP contribution is 2.22. The average molecular weight is 186 g/mol. The molecule has 74 valence electrons. The van der Waals surface area contributed by atoms with Crippen molar-refractivity contribution >= 4 is 12.2 Å². The maximum absolute atomic E-state index is 3.82. The summed E-state index contributed by atoms with van der Waals surface area (Å²) in [6.45, 7) is 12.1. The average Bonchev–Trinajstić information content (AvgIpc) is 2.26. The highest BCUT2D eigenvalue weighted by atomic mass is 14.1. The minimum atomic E-state index is 0.618. The monoisotopic (exact) mass is 186 g/mol. The molecular formula is C14H18. The minimum absolute atomic E-state index is 0.618. The van der Waals surface area contributed by atoms with Crippen molar-refractivity contribution in [2.75, 3.05) is 0 Å². The molecule has 0 aliphatic heterocycles. The van der Waals surface area contributed by atoms with Crippen molar-refractivity contribution < 1.29 is 0 Å². The molecule has 0 aliphatic carbocycles. The first-order valence-electron chi connectivity index (χ1n) is 5.11. The highest BCUT2D eigenvalue weighted by molar-refractivity contribution is 5.64. The van der Waals surface area contributed by atoms with E-state index in [9.17, 15) is 0 Å². The van der Waals surface area contributed by atoms with Gasteiger partial charge in [0.25, 0.3) is 0 Å². The van der Waals surface area contributed by atoms with Crippen molar-refractivity contribution in [2.24, 2.45) is 0 Å². The zero-order chi connectivity index (χ0) is 10.6. The van der Waals surface area contributed by atoms with Gasteiger partial charge in [-0.25, -0.2) is 0 Å². The Balaban J connectivity index is 3.13. The van der Waals surface area contributed by atoms with Gasteiger partial charge in [-0.05, 0) is 29.0 Å². The molecule has 0 saturated heterocycles. The zero-order valence-corrected chi connectivity index (χ0v) is 9.09. The summed E-state index contributed by atoms with van der Waals surface area (Å²) in [5, 5.41) is 0. The van der Waals surface area contributed by atoms with E-state index in [0.717, 1.165) is 5.56 Å². The molecule has 0 heteroatoms. The lowest BCUT2D eigenvalue weighted by atomic mass is 9.94. The molecule has 0 radical (unpaired) electrons. The second-order valence-electron chi connectivity index (χ2n) is 3.61. The van der Waals surface area contributed by atoms with Crippen LogP contribution in [-0.2, 0) is 0 Å². The molecule has 0 heterocycles. The van der Waals surface area contributed by atoms with Crippen LogP contribution in [0.4, 0.5) is 0 Å². The molecule has 1 rings (SSSR count). The van der Waals surface area contributed by atoms with Crippen LogP contribution in [0.3, 0.4) is 0 Å². The van der Waals surface area contributed by atoms with Gasteiger partial charge in [0.05, 0.1) is 0 Å². The number of hydrogen-bond donors (Lipinski definition) is 0. The molecule has 0 spiro atoms. The Labute approximate surface area is 87.0 Å². The smallest absolute Gasteiger partial charge is 0.0187 e. The third-order valence-corrected chi connectivity index (χ3v) is 2.73. The fourth-order valence-corrected chi connectivity index (χ4v) is 1.50. The van der Waals surface area contributed by atoms with E-state index in [2.05, 4.69) is 45.2 Å². The fraction of sp³-hybridized carbons (Fsp3) is 0.286. The number of hydrogen-bond acceptors (Lipinski definition) is 0. The lowest BCUT2D eigenvalue weighted by Gasteiger charge is -2.11. The third kappa shape index (κ3) is 2.14. The van der Waals surface area contributed by atoms with Gasteiger partial charge in [0.1, 0.15) is 0 Å². The molecule has 1 aromatic carbocycles. The van der Waals surface area contributed by atoms with Gasteiger partial charge in [-0.2, -0.15) is 0 Å². The first-order valence-corrected chi connectivity index (χ1v) is 5.11. The van der Waals surface area contributed by atoms with Gasteiger partial charge in [-0.3, -0.25) is 0 Å². The van der Waals surface area contributed by atoms with E-state index in [1.54, 1.807) is 0 Å². The van der Waals surface area contributed by atoms with Crippen LogP contribution in [0.25, 0.3) is 12.2 Å². The Hall–Kier alpha value is -1.30. The van der Waals surface area contributed by atoms with Crippen molar-refractivity contribution in [2.45, 2.75) is 26.2 Å². The molecule has 1 atom stereocenters. The van der Waals surface area contributed by atoms with Crippen molar-refractivity contribution in [1.82, 2.24) is 0 Å². The lowest BCUT2D eigenvalue weighted by molar-refractivity contribution is 0.733. The summed E-state index contributed by atoms with van der Waals surface area (Å²) in [5.41, 5.74) is 3.72. The van der Waals surface area contributed by atoms with Crippen LogP contribution in [0, 0.1) is 0 Å². The Morgan fingerprint density at radius 3 is 2.36 bits per heavy atom. The topological polar surface area (TPSA) is 0 Å². The van der Waals surface area contributed by atoms with Crippen LogP contribution < -0.4 is 0 Å². The van der Waals surface area contributed by atoms with Crippen LogP contribution in [0.2, 0.25) is 0 Å². The first kappa shape index (κ1) is 10.8. The standard InChI is InChI=1S/C14H18/c1-5-11(4)14-9-8-12(6-2)13(7-3)10-14/h6-11H,2-3,5H2,1,4H3. The van der Waals surface area contributed by atoms with Gasteiger partial charge in [0.2, 0.25) is 0 Å². The predicted octanol–water partition coefficient (Wildman–Crippen LogP) is 4.49. The molecule has 0 nitrogen and oxygen atoms in total. The van der Waals surface area contributed by atoms with Crippen LogP contribution in [0.5, 0.6) is 0 Å². The SMILES string of the molecule is C=Cc1ccc(C(C)CC)cc1C=C. The zero-order valence-electron chi connectivity index (χ0n) is 9.09. The maximum atomic E-state index is 3.82. The Bertz CT molecular complexity index is 334. The Morgan fingerprint density at radius 2 is 1.86 bits per heavy atom. The van der Waals surface area contributed by atoms with E-state index in [4.69, 9.17) is 0 Å². The quantitative estimate of drug-likeness (QED) is 0.650. The Morgan fingerprint density at radius 1 is 1.21 bits per heavy atom. The Kier molecular flexibility index (Phi) is 3.70. The molecule has 1 unspecified atom stereocenters. The normalized spacial score (nSPS) is 12.1. The van der Waals surface area contributed by atoms with Crippen LogP contribution in [0.15, 0.2) is 31.4 Å². The molecule has 0 amide bonds. The lowest BCUT2D eigenvalue weighted by Crippen LogP contribution is -1.92. The van der Waals surface area contributed by atoms with Crippen molar-refractivity contribution in [3.63, 3.8) is 0 Å². The molecule has 0 aliphatic rings. The summed E-state index contributed by atoms with van der Waals surface area (Å²) in [5.74, 6) is 0.618. The summed E-state index contributed by atoms with van der Waals surface area (Å²) in [4.78, 5) is 0. The summed E-state index contributed by atoms with van der Waals surface area (Å²) < 4.78 is 0. The van der Waals surface area contributed by atoms with Crippen LogP contribution in [-0.4, -0.2) is 0 Å². The van der Waals surface area contributed by atoms with E-state index < -0.39 is 0 Å². The highest BCUT2D eigenvalue weighted by Gasteiger charge is 2.04. The van der Waals surface area contributed by atoms with E-state index in [1.165, 1.54) is 17.5 Å². The molecule has 1 aromatic rings. The van der Waals surface area contributed by atoms with E-state index in [0.29, 0.717) is 5.92 Å². The predicted molar refractivity (Wildman–Crippen MR) is 65.3 cm³/mol. The van der Waals surface area contributed by atoms with Gasteiger partial charge in [-0.15, -0.1) is 0 Å². The molecular weight excluding hydrogens is 168 g/mol. The molecule has 0 N–H and O–H groups in total. The van der Waals surface area contributed by atoms with Gasteiger partial charge in [-0.1, -0.05) is 57.4 Å². The summed E-state index contributed by atoms with van der Waals surface area (Å²) in [6.07, 6.45) is 4.93. The molecule has 0 aromatic heterocycles. The minimum Gasteiger partial charge on any atom is -0.0984 e. The van der Waals surface area contributed by atoms with Crippen LogP contribution in [0.1, 0.15) is 42.9 Å². The van der Waals surface area contributed by atoms with Gasteiger partial charge in [0.15, 0.2) is 0 Å². The second-order valence-corrected chi connectivity index (χ2v) is 3.61. The summed E-state index contributed by atoms with van der Waals surface area (Å²) >= 11 is 0. The molecule has 0 bridgehead atoms. The molecule has 0 saturated carbocycles. The van der Waals surface area contributed by atoms with Crippen molar-refractivity contribution in [1.29, 1.82) is 0 Å². The summed E-state index contributed by atoms with van der Waals surface area (Å²) in [7, 11) is 0. The third-order valence-electron chi connectivity index (χ3n) is 2.73. The molecule has 14 heavy (non-hydrogen) atoms. The number of benzene rings is 1. The van der Waals surface area contributed by atoms with E-state index in [-0.39, 0.29) is 0 Å². The maximum Gasteiger partial charge on any atom is -0.0187 e. The van der Waals surface area contributed by atoms with E-state index in [1.807, 2.05) is 12.2 Å². The first-order chi connectivity index (χ1) is 6.72. The van der Waals surface area contributed by atoms with Crippen molar-refractivity contribution in [3.05, 3.63) is 48.0 Å². The summed E-state index contributed by atoms with van der Waals surface area (Å²) in [6, 6.07) is 6.50.